The molecule has 0 aromatic rings. The molecule has 0 fully saturated rings. The van der Waals surface area contributed by atoms with E-state index in [1.807, 2.05) is 6.92 Å². The normalized spacial score (nSPS) is 10.3. The van der Waals surface area contributed by atoms with Gasteiger partial charge in [-0.05, 0) is 6.42 Å². The van der Waals surface area contributed by atoms with Crippen LogP contribution in [0.25, 0.3) is 0 Å². The Labute approximate surface area is 88.7 Å². The molecule has 0 aliphatic carbocycles. The lowest BCUT2D eigenvalue weighted by Crippen LogP contribution is -2.06. The lowest BCUT2D eigenvalue weighted by molar-refractivity contribution is -0.140. The first-order valence-electron chi connectivity index (χ1n) is 4.83. The third-order valence-electron chi connectivity index (χ3n) is 1.35. The van der Waals surface area contributed by atoms with Crippen LogP contribution >= 0.6 is 0 Å². The van der Waals surface area contributed by atoms with Crippen LogP contribution in [0.3, 0.4) is 0 Å². The maximum Gasteiger partial charge on any atom is 0.331 e. The lowest BCUT2D eigenvalue weighted by atomic mass is 10.4. The van der Waals surface area contributed by atoms with Gasteiger partial charge in [-0.2, -0.15) is 0 Å². The molecule has 1 N–H and O–H groups in total. The van der Waals surface area contributed by atoms with Crippen molar-refractivity contribution in [3.8, 4) is 0 Å². The highest BCUT2D eigenvalue weighted by Gasteiger charge is 1.99. The SMILES string of the molecule is CCCOC(=O)/C=C\C(=O)OCCCO. The van der Waals surface area contributed by atoms with E-state index >= 15 is 0 Å². The molecule has 0 heterocycles. The highest BCUT2D eigenvalue weighted by Crippen LogP contribution is 1.88. The smallest absolute Gasteiger partial charge is 0.331 e. The van der Waals surface area contributed by atoms with Crippen molar-refractivity contribution in [2.75, 3.05) is 19.8 Å². The third kappa shape index (κ3) is 8.96. The summed E-state index contributed by atoms with van der Waals surface area (Å²) in [6.45, 7) is 2.32. The second kappa shape index (κ2) is 9.21. The minimum absolute atomic E-state index is 0.0322. The van der Waals surface area contributed by atoms with Crippen LogP contribution < -0.4 is 0 Å². The number of rotatable bonds is 7. The molecule has 0 bridgehead atoms. The van der Waals surface area contributed by atoms with Crippen LogP contribution in [-0.4, -0.2) is 36.9 Å². The summed E-state index contributed by atoms with van der Waals surface area (Å²) >= 11 is 0. The molecular weight excluding hydrogens is 200 g/mol. The van der Waals surface area contributed by atoms with Gasteiger partial charge in [0.1, 0.15) is 0 Å². The zero-order valence-electron chi connectivity index (χ0n) is 8.77. The van der Waals surface area contributed by atoms with Gasteiger partial charge < -0.3 is 14.6 Å². The van der Waals surface area contributed by atoms with Gasteiger partial charge in [0.2, 0.25) is 0 Å². The van der Waals surface area contributed by atoms with Gasteiger partial charge >= 0.3 is 11.9 Å². The van der Waals surface area contributed by atoms with Gasteiger partial charge in [-0.25, -0.2) is 9.59 Å². The predicted molar refractivity (Wildman–Crippen MR) is 53.1 cm³/mol. The van der Waals surface area contributed by atoms with Crippen molar-refractivity contribution in [1.29, 1.82) is 0 Å². The van der Waals surface area contributed by atoms with Crippen molar-refractivity contribution in [1.82, 2.24) is 0 Å². The van der Waals surface area contributed by atoms with Crippen molar-refractivity contribution in [2.24, 2.45) is 0 Å². The molecule has 0 atom stereocenters. The Kier molecular flexibility index (Phi) is 8.37. The molecule has 0 aromatic heterocycles. The summed E-state index contributed by atoms with van der Waals surface area (Å²) in [4.78, 5) is 21.8. The third-order valence-corrected chi connectivity index (χ3v) is 1.35. The Hall–Kier alpha value is -1.36. The van der Waals surface area contributed by atoms with Crippen LogP contribution in [0.4, 0.5) is 0 Å². The average molecular weight is 216 g/mol. The fourth-order valence-corrected chi connectivity index (χ4v) is 0.672. The molecule has 0 aliphatic heterocycles. The number of carbonyl (C=O) groups is 2. The molecule has 15 heavy (non-hydrogen) atoms. The van der Waals surface area contributed by atoms with Gasteiger partial charge in [0.25, 0.3) is 0 Å². The molecular formula is C10H16O5. The molecule has 0 unspecified atom stereocenters. The second-order valence-corrected chi connectivity index (χ2v) is 2.75. The highest BCUT2D eigenvalue weighted by atomic mass is 16.5. The Bertz CT molecular complexity index is 222. The second-order valence-electron chi connectivity index (χ2n) is 2.75. The van der Waals surface area contributed by atoms with Gasteiger partial charge in [0.15, 0.2) is 0 Å². The maximum absolute atomic E-state index is 10.9. The van der Waals surface area contributed by atoms with Gasteiger partial charge in [-0.3, -0.25) is 0 Å². The van der Waals surface area contributed by atoms with Crippen LogP contribution in [0, 0.1) is 0 Å². The number of carbonyl (C=O) groups excluding carboxylic acids is 2. The highest BCUT2D eigenvalue weighted by molar-refractivity contribution is 5.91. The Morgan fingerprint density at radius 2 is 1.67 bits per heavy atom. The topological polar surface area (TPSA) is 72.8 Å². The number of ether oxygens (including phenoxy) is 2. The molecule has 0 saturated carbocycles. The van der Waals surface area contributed by atoms with E-state index in [1.165, 1.54) is 0 Å². The standard InChI is InChI=1S/C10H16O5/c1-2-7-14-9(12)4-5-10(13)15-8-3-6-11/h4-5,11H,2-3,6-8H2,1H3/b5-4-. The van der Waals surface area contributed by atoms with E-state index < -0.39 is 11.9 Å². The summed E-state index contributed by atoms with van der Waals surface area (Å²) in [7, 11) is 0. The van der Waals surface area contributed by atoms with Crippen LogP contribution in [0.15, 0.2) is 12.2 Å². The summed E-state index contributed by atoms with van der Waals surface area (Å²) in [6.07, 6.45) is 3.16. The van der Waals surface area contributed by atoms with Crippen LogP contribution in [0.1, 0.15) is 19.8 Å². The Morgan fingerprint density at radius 3 is 2.13 bits per heavy atom. The Balaban J connectivity index is 3.65. The first-order valence-corrected chi connectivity index (χ1v) is 4.83. The van der Waals surface area contributed by atoms with Gasteiger partial charge in [0.05, 0.1) is 13.2 Å². The fourth-order valence-electron chi connectivity index (χ4n) is 0.672. The zero-order chi connectivity index (χ0) is 11.5. The van der Waals surface area contributed by atoms with E-state index in [4.69, 9.17) is 9.84 Å². The number of hydrogen-bond donors (Lipinski definition) is 1. The molecule has 86 valence electrons. The number of aliphatic hydroxyl groups excluding tert-OH is 1. The number of aliphatic hydroxyl groups is 1. The summed E-state index contributed by atoms with van der Waals surface area (Å²) in [5.74, 6) is -1.17. The van der Waals surface area contributed by atoms with Gasteiger partial charge in [0, 0.05) is 25.2 Å². The monoisotopic (exact) mass is 216 g/mol. The molecule has 0 spiro atoms. The molecule has 0 aromatic carbocycles. The van der Waals surface area contributed by atoms with E-state index in [0.29, 0.717) is 13.0 Å². The predicted octanol–water partition coefficient (Wildman–Crippen LogP) is 0.421. The lowest BCUT2D eigenvalue weighted by Gasteiger charge is -1.99. The van der Waals surface area contributed by atoms with Crippen LogP contribution in [0.2, 0.25) is 0 Å². The molecule has 0 amide bonds. The van der Waals surface area contributed by atoms with Crippen molar-refractivity contribution in [3.63, 3.8) is 0 Å². The van der Waals surface area contributed by atoms with E-state index in [2.05, 4.69) is 4.74 Å². The minimum atomic E-state index is -0.614. The summed E-state index contributed by atoms with van der Waals surface area (Å²) < 4.78 is 9.34. The minimum Gasteiger partial charge on any atom is -0.463 e. The number of esters is 2. The van der Waals surface area contributed by atoms with Crippen LogP contribution in [0.5, 0.6) is 0 Å². The largest absolute Gasteiger partial charge is 0.463 e. The van der Waals surface area contributed by atoms with E-state index in [1.54, 1.807) is 0 Å². The first kappa shape index (κ1) is 13.6. The molecule has 0 aliphatic rings. The van der Waals surface area contributed by atoms with E-state index in [9.17, 15) is 9.59 Å². The summed E-state index contributed by atoms with van der Waals surface area (Å²) in [5.41, 5.74) is 0. The van der Waals surface area contributed by atoms with Gasteiger partial charge in [-0.1, -0.05) is 6.92 Å². The van der Waals surface area contributed by atoms with Gasteiger partial charge in [-0.15, -0.1) is 0 Å². The quantitative estimate of drug-likeness (QED) is 0.379. The van der Waals surface area contributed by atoms with Crippen molar-refractivity contribution < 1.29 is 24.2 Å². The number of hydrogen-bond acceptors (Lipinski definition) is 5. The first-order chi connectivity index (χ1) is 7.20. The van der Waals surface area contributed by atoms with Crippen molar-refractivity contribution in [3.05, 3.63) is 12.2 Å². The summed E-state index contributed by atoms with van der Waals surface area (Å²) in [6, 6.07) is 0. The average Bonchev–Trinajstić information content (AvgIpc) is 2.24. The fraction of sp³-hybridized carbons (Fsp3) is 0.600. The zero-order valence-corrected chi connectivity index (χ0v) is 8.77. The molecule has 5 heteroatoms. The molecule has 0 rings (SSSR count). The molecule has 0 saturated heterocycles. The Morgan fingerprint density at radius 1 is 1.13 bits per heavy atom. The molecule has 5 nitrogen and oxygen atoms in total. The van der Waals surface area contributed by atoms with Crippen molar-refractivity contribution >= 4 is 11.9 Å². The molecule has 0 radical (unpaired) electrons. The van der Waals surface area contributed by atoms with E-state index in [0.717, 1.165) is 18.6 Å². The maximum atomic E-state index is 10.9. The van der Waals surface area contributed by atoms with Crippen molar-refractivity contribution in [2.45, 2.75) is 19.8 Å². The summed E-state index contributed by atoms with van der Waals surface area (Å²) in [5, 5.41) is 8.41. The van der Waals surface area contributed by atoms with E-state index in [-0.39, 0.29) is 13.2 Å². The van der Waals surface area contributed by atoms with Crippen LogP contribution in [-0.2, 0) is 19.1 Å².